The molecule has 0 aliphatic carbocycles. The third-order valence-corrected chi connectivity index (χ3v) is 5.16. The Kier molecular flexibility index (Phi) is 6.03. The molecule has 1 fully saturated rings. The van der Waals surface area contributed by atoms with E-state index in [-0.39, 0.29) is 12.5 Å². The normalized spacial score (nSPS) is 20.5. The number of hydrogen-bond donors (Lipinski definition) is 2. The quantitative estimate of drug-likeness (QED) is 0.699. The number of likely N-dealkylation sites (N-methyl/N-ethyl adjacent to an activating group) is 1. The predicted octanol–water partition coefficient (Wildman–Crippen LogP) is 2.60. The van der Waals surface area contributed by atoms with Crippen LogP contribution >= 0.6 is 11.6 Å². The standard InChI is InChI=1S/C21H24ClN3O3/c1-21(16-8-10-17(22)11-9-16)19(27)25(20(28)23-21)14-18(26)13-24(2)12-15-6-4-3-5-7-15/h3-11,18,26H,12-14H2,1-2H3,(H,23,28). The highest BCUT2D eigenvalue weighted by Gasteiger charge is 2.49. The molecule has 3 amide bonds. The van der Waals surface area contributed by atoms with E-state index in [0.29, 0.717) is 23.7 Å². The van der Waals surface area contributed by atoms with Gasteiger partial charge in [0, 0.05) is 18.1 Å². The SMILES string of the molecule is CN(Cc1ccccc1)CC(O)CN1C(=O)NC(C)(c2ccc(Cl)cc2)C1=O. The number of carbonyl (C=O) groups excluding carboxylic acids is 2. The zero-order chi connectivity index (χ0) is 20.3. The monoisotopic (exact) mass is 401 g/mol. The third-order valence-electron chi connectivity index (χ3n) is 4.91. The van der Waals surface area contributed by atoms with Crippen LogP contribution < -0.4 is 5.32 Å². The van der Waals surface area contributed by atoms with Crippen molar-refractivity contribution in [3.05, 3.63) is 70.7 Å². The summed E-state index contributed by atoms with van der Waals surface area (Å²) in [6, 6.07) is 16.2. The van der Waals surface area contributed by atoms with Gasteiger partial charge in [0.1, 0.15) is 5.54 Å². The number of aliphatic hydroxyl groups excluding tert-OH is 1. The summed E-state index contributed by atoms with van der Waals surface area (Å²) in [5.74, 6) is -0.385. The Balaban J connectivity index is 1.62. The molecule has 2 unspecified atom stereocenters. The van der Waals surface area contributed by atoms with Gasteiger partial charge in [-0.15, -0.1) is 0 Å². The van der Waals surface area contributed by atoms with E-state index in [0.717, 1.165) is 10.5 Å². The molecule has 0 saturated carbocycles. The van der Waals surface area contributed by atoms with Gasteiger partial charge in [-0.05, 0) is 37.2 Å². The second kappa shape index (κ2) is 8.31. The van der Waals surface area contributed by atoms with Gasteiger partial charge in [-0.1, -0.05) is 54.1 Å². The van der Waals surface area contributed by atoms with E-state index in [4.69, 9.17) is 11.6 Å². The number of nitrogens with one attached hydrogen (secondary N) is 1. The van der Waals surface area contributed by atoms with E-state index in [2.05, 4.69) is 5.32 Å². The minimum Gasteiger partial charge on any atom is -0.390 e. The summed E-state index contributed by atoms with van der Waals surface area (Å²) in [6.07, 6.45) is -0.851. The van der Waals surface area contributed by atoms with Crippen molar-refractivity contribution in [2.24, 2.45) is 0 Å². The van der Waals surface area contributed by atoms with Crippen LogP contribution in [0.3, 0.4) is 0 Å². The lowest BCUT2D eigenvalue weighted by Crippen LogP contribution is -2.43. The molecule has 0 aromatic heterocycles. The highest BCUT2D eigenvalue weighted by molar-refractivity contribution is 6.30. The molecular formula is C21H24ClN3O3. The van der Waals surface area contributed by atoms with Crippen LogP contribution in [0.2, 0.25) is 5.02 Å². The Hall–Kier alpha value is -2.41. The number of hydrogen-bond acceptors (Lipinski definition) is 4. The van der Waals surface area contributed by atoms with E-state index in [1.54, 1.807) is 31.2 Å². The van der Waals surface area contributed by atoms with Crippen molar-refractivity contribution in [2.75, 3.05) is 20.1 Å². The first-order chi connectivity index (χ1) is 13.3. The molecule has 7 heteroatoms. The van der Waals surface area contributed by atoms with E-state index in [1.807, 2.05) is 42.3 Å². The fourth-order valence-corrected chi connectivity index (χ4v) is 3.56. The summed E-state index contributed by atoms with van der Waals surface area (Å²) in [5, 5.41) is 13.7. The second-order valence-corrected chi connectivity index (χ2v) is 7.75. The minimum atomic E-state index is -1.17. The summed E-state index contributed by atoms with van der Waals surface area (Å²) >= 11 is 5.91. The molecule has 1 aliphatic rings. The maximum absolute atomic E-state index is 12.9. The Morgan fingerprint density at radius 2 is 1.79 bits per heavy atom. The summed E-state index contributed by atoms with van der Waals surface area (Å²) < 4.78 is 0. The molecule has 1 saturated heterocycles. The fraction of sp³-hybridized carbons (Fsp3) is 0.333. The Morgan fingerprint density at radius 1 is 1.14 bits per heavy atom. The summed E-state index contributed by atoms with van der Waals surface area (Å²) in [7, 11) is 1.89. The highest BCUT2D eigenvalue weighted by atomic mass is 35.5. The van der Waals surface area contributed by atoms with Gasteiger partial charge < -0.3 is 10.4 Å². The topological polar surface area (TPSA) is 72.9 Å². The Labute approximate surface area is 169 Å². The first kappa shape index (κ1) is 20.3. The van der Waals surface area contributed by atoms with Gasteiger partial charge in [-0.3, -0.25) is 14.6 Å². The van der Waals surface area contributed by atoms with E-state index in [9.17, 15) is 14.7 Å². The van der Waals surface area contributed by atoms with Crippen molar-refractivity contribution in [3.8, 4) is 0 Å². The molecule has 1 aliphatic heterocycles. The van der Waals surface area contributed by atoms with Gasteiger partial charge in [0.25, 0.3) is 5.91 Å². The van der Waals surface area contributed by atoms with Crippen molar-refractivity contribution < 1.29 is 14.7 Å². The zero-order valence-electron chi connectivity index (χ0n) is 15.9. The van der Waals surface area contributed by atoms with Crippen LogP contribution in [-0.4, -0.2) is 53.1 Å². The predicted molar refractivity (Wildman–Crippen MR) is 108 cm³/mol. The first-order valence-electron chi connectivity index (χ1n) is 9.10. The molecule has 3 rings (SSSR count). The molecule has 0 bridgehead atoms. The average molecular weight is 402 g/mol. The number of nitrogens with zero attached hydrogens (tertiary/aromatic N) is 2. The number of urea groups is 1. The molecule has 148 valence electrons. The van der Waals surface area contributed by atoms with Crippen LogP contribution in [0.15, 0.2) is 54.6 Å². The maximum atomic E-state index is 12.9. The Bertz CT molecular complexity index is 844. The van der Waals surface area contributed by atoms with Crippen molar-refractivity contribution in [3.63, 3.8) is 0 Å². The van der Waals surface area contributed by atoms with Gasteiger partial charge >= 0.3 is 6.03 Å². The van der Waals surface area contributed by atoms with Crippen LogP contribution in [0, 0.1) is 0 Å². The number of imide groups is 1. The lowest BCUT2D eigenvalue weighted by molar-refractivity contribution is -0.132. The smallest absolute Gasteiger partial charge is 0.325 e. The molecule has 2 aromatic carbocycles. The molecule has 0 spiro atoms. The van der Waals surface area contributed by atoms with Crippen molar-refractivity contribution in [2.45, 2.75) is 25.1 Å². The van der Waals surface area contributed by atoms with Crippen LogP contribution in [0.1, 0.15) is 18.1 Å². The number of rotatable bonds is 7. The number of halogens is 1. The van der Waals surface area contributed by atoms with Gasteiger partial charge in [-0.2, -0.15) is 0 Å². The lowest BCUT2D eigenvalue weighted by Gasteiger charge is -2.25. The van der Waals surface area contributed by atoms with Crippen LogP contribution in [0.5, 0.6) is 0 Å². The average Bonchev–Trinajstić information content (AvgIpc) is 2.87. The summed E-state index contributed by atoms with van der Waals surface area (Å²) in [4.78, 5) is 28.4. The van der Waals surface area contributed by atoms with Crippen LogP contribution in [-0.2, 0) is 16.9 Å². The lowest BCUT2D eigenvalue weighted by atomic mass is 9.92. The zero-order valence-corrected chi connectivity index (χ0v) is 16.7. The van der Waals surface area contributed by atoms with Crippen molar-refractivity contribution >= 4 is 23.5 Å². The molecule has 2 aromatic rings. The number of benzene rings is 2. The number of aliphatic hydroxyl groups is 1. The summed E-state index contributed by atoms with van der Waals surface area (Å²) in [5.41, 5.74) is 0.605. The minimum absolute atomic E-state index is 0.0625. The molecule has 2 N–H and O–H groups in total. The van der Waals surface area contributed by atoms with Crippen LogP contribution in [0.25, 0.3) is 0 Å². The van der Waals surface area contributed by atoms with Crippen LogP contribution in [0.4, 0.5) is 4.79 Å². The second-order valence-electron chi connectivity index (χ2n) is 7.31. The van der Waals surface area contributed by atoms with Gasteiger partial charge in [0.15, 0.2) is 0 Å². The fourth-order valence-electron chi connectivity index (χ4n) is 3.43. The summed E-state index contributed by atoms with van der Waals surface area (Å²) in [6.45, 7) is 2.60. The van der Waals surface area contributed by atoms with Gasteiger partial charge in [0.2, 0.25) is 0 Å². The van der Waals surface area contributed by atoms with E-state index in [1.165, 1.54) is 0 Å². The van der Waals surface area contributed by atoms with Crippen molar-refractivity contribution in [1.82, 2.24) is 15.1 Å². The maximum Gasteiger partial charge on any atom is 0.325 e. The Morgan fingerprint density at radius 3 is 2.43 bits per heavy atom. The van der Waals surface area contributed by atoms with Gasteiger partial charge in [0.05, 0.1) is 12.6 Å². The molecular weight excluding hydrogens is 378 g/mol. The van der Waals surface area contributed by atoms with E-state index >= 15 is 0 Å². The molecule has 2 atom stereocenters. The van der Waals surface area contributed by atoms with E-state index < -0.39 is 17.7 Å². The third kappa shape index (κ3) is 4.35. The van der Waals surface area contributed by atoms with Gasteiger partial charge in [-0.25, -0.2) is 4.79 Å². The molecule has 1 heterocycles. The largest absolute Gasteiger partial charge is 0.390 e. The number of carbonyl (C=O) groups is 2. The molecule has 6 nitrogen and oxygen atoms in total. The molecule has 28 heavy (non-hydrogen) atoms. The molecule has 0 radical (unpaired) electrons. The highest BCUT2D eigenvalue weighted by Crippen LogP contribution is 2.29. The number of amides is 3. The first-order valence-corrected chi connectivity index (χ1v) is 9.48. The number of β-amino-alcohol motifs (C(OH)–C–C–N with tert-alkyl or cyclic N) is 1. The van der Waals surface area contributed by atoms with Crippen molar-refractivity contribution in [1.29, 1.82) is 0 Å².